The Balaban J connectivity index is 1.93. The molecule has 0 saturated carbocycles. The van der Waals surface area contributed by atoms with E-state index in [1.807, 2.05) is 32.0 Å². The molecule has 142 valence electrons. The zero-order valence-corrected chi connectivity index (χ0v) is 17.1. The summed E-state index contributed by atoms with van der Waals surface area (Å²) in [6.07, 6.45) is 0. The SMILES string of the molecule is COCc1nc(OC)c2c(C)c(C(=O)NC(C)c3cccc(Cl)c3)sc2n1. The van der Waals surface area contributed by atoms with Crippen LogP contribution in [0, 0.1) is 6.92 Å². The van der Waals surface area contributed by atoms with Crippen LogP contribution in [-0.4, -0.2) is 30.1 Å². The number of ether oxygens (including phenoxy) is 2. The standard InChI is InChI=1S/C19H20ClN3O3S/c1-10-15-18(26-4)22-14(9-25-3)23-19(15)27-16(10)17(24)21-11(2)12-6-5-7-13(20)8-12/h5-8,11H,9H2,1-4H3,(H,21,24). The van der Waals surface area contributed by atoms with E-state index in [0.29, 0.717) is 26.4 Å². The van der Waals surface area contributed by atoms with E-state index in [2.05, 4.69) is 15.3 Å². The van der Waals surface area contributed by atoms with Crippen molar-refractivity contribution >= 4 is 39.1 Å². The predicted molar refractivity (Wildman–Crippen MR) is 107 cm³/mol. The highest BCUT2D eigenvalue weighted by Gasteiger charge is 2.22. The van der Waals surface area contributed by atoms with Gasteiger partial charge in [-0.15, -0.1) is 11.3 Å². The molecular formula is C19H20ClN3O3S. The van der Waals surface area contributed by atoms with Gasteiger partial charge in [0.15, 0.2) is 5.82 Å². The molecule has 3 aromatic rings. The van der Waals surface area contributed by atoms with Crippen LogP contribution in [-0.2, 0) is 11.3 Å². The van der Waals surface area contributed by atoms with Gasteiger partial charge >= 0.3 is 0 Å². The van der Waals surface area contributed by atoms with Crippen molar-refractivity contribution in [3.05, 3.63) is 51.1 Å². The van der Waals surface area contributed by atoms with Gasteiger partial charge in [0.2, 0.25) is 5.88 Å². The molecule has 0 aliphatic rings. The molecule has 1 amide bonds. The fourth-order valence-electron chi connectivity index (χ4n) is 2.82. The normalized spacial score (nSPS) is 12.2. The summed E-state index contributed by atoms with van der Waals surface area (Å²) >= 11 is 7.36. The molecule has 0 aliphatic heterocycles. The van der Waals surface area contributed by atoms with E-state index >= 15 is 0 Å². The van der Waals surface area contributed by atoms with Gasteiger partial charge < -0.3 is 14.8 Å². The monoisotopic (exact) mass is 405 g/mol. The number of amides is 1. The van der Waals surface area contributed by atoms with Crippen molar-refractivity contribution in [2.45, 2.75) is 26.5 Å². The quantitative estimate of drug-likeness (QED) is 0.661. The summed E-state index contributed by atoms with van der Waals surface area (Å²) < 4.78 is 10.5. The maximum absolute atomic E-state index is 12.9. The van der Waals surface area contributed by atoms with E-state index in [1.165, 1.54) is 11.3 Å². The minimum Gasteiger partial charge on any atom is -0.480 e. The van der Waals surface area contributed by atoms with Gasteiger partial charge in [0.05, 0.1) is 23.4 Å². The average molecular weight is 406 g/mol. The van der Waals surface area contributed by atoms with Gasteiger partial charge in [-0.25, -0.2) is 4.98 Å². The van der Waals surface area contributed by atoms with Crippen LogP contribution in [0.1, 0.15) is 39.6 Å². The molecule has 1 atom stereocenters. The highest BCUT2D eigenvalue weighted by molar-refractivity contribution is 7.20. The van der Waals surface area contributed by atoms with E-state index in [-0.39, 0.29) is 18.6 Å². The number of halogens is 1. The average Bonchev–Trinajstić information content (AvgIpc) is 2.98. The molecule has 1 aromatic carbocycles. The number of hydrogen-bond donors (Lipinski definition) is 1. The number of aromatic nitrogens is 2. The second kappa shape index (κ2) is 8.21. The van der Waals surface area contributed by atoms with Gasteiger partial charge in [0.25, 0.3) is 5.91 Å². The summed E-state index contributed by atoms with van der Waals surface area (Å²) in [5.74, 6) is 0.795. The van der Waals surface area contributed by atoms with Crippen molar-refractivity contribution in [2.24, 2.45) is 0 Å². The van der Waals surface area contributed by atoms with Crippen molar-refractivity contribution < 1.29 is 14.3 Å². The maximum atomic E-state index is 12.9. The van der Waals surface area contributed by atoms with Crippen LogP contribution in [0.5, 0.6) is 5.88 Å². The lowest BCUT2D eigenvalue weighted by Gasteiger charge is -2.14. The first-order valence-corrected chi connectivity index (χ1v) is 9.53. The number of rotatable bonds is 6. The first kappa shape index (κ1) is 19.5. The molecule has 3 rings (SSSR count). The minimum absolute atomic E-state index is 0.168. The first-order valence-electron chi connectivity index (χ1n) is 8.33. The summed E-state index contributed by atoms with van der Waals surface area (Å²) in [6.45, 7) is 4.07. The highest BCUT2D eigenvalue weighted by atomic mass is 35.5. The second-order valence-corrected chi connectivity index (χ2v) is 7.50. The maximum Gasteiger partial charge on any atom is 0.262 e. The number of carbonyl (C=O) groups excluding carboxylic acids is 1. The summed E-state index contributed by atoms with van der Waals surface area (Å²) in [5, 5.41) is 4.41. The van der Waals surface area contributed by atoms with E-state index in [9.17, 15) is 4.79 Å². The molecule has 2 aromatic heterocycles. The summed E-state index contributed by atoms with van der Waals surface area (Å²) in [5.41, 5.74) is 1.74. The number of methoxy groups -OCH3 is 2. The number of benzene rings is 1. The Labute approximate surface area is 166 Å². The van der Waals surface area contributed by atoms with E-state index < -0.39 is 0 Å². The summed E-state index contributed by atoms with van der Waals surface area (Å²) in [7, 11) is 3.13. The molecule has 0 fully saturated rings. The number of thiophene rings is 1. The van der Waals surface area contributed by atoms with Crippen molar-refractivity contribution in [1.29, 1.82) is 0 Å². The Bertz CT molecular complexity index is 990. The van der Waals surface area contributed by atoms with Crippen molar-refractivity contribution in [1.82, 2.24) is 15.3 Å². The predicted octanol–water partition coefficient (Wildman–Crippen LogP) is 4.30. The Hall–Kier alpha value is -2.22. The molecule has 0 radical (unpaired) electrons. The van der Waals surface area contributed by atoms with Crippen LogP contribution in [0.3, 0.4) is 0 Å². The molecule has 0 bridgehead atoms. The van der Waals surface area contributed by atoms with Crippen LogP contribution < -0.4 is 10.1 Å². The fourth-order valence-corrected chi connectivity index (χ4v) is 4.12. The Morgan fingerprint density at radius 3 is 2.78 bits per heavy atom. The summed E-state index contributed by atoms with van der Waals surface area (Å²) in [6, 6.07) is 7.26. The van der Waals surface area contributed by atoms with Gasteiger partial charge in [0.1, 0.15) is 11.4 Å². The molecule has 0 spiro atoms. The Morgan fingerprint density at radius 2 is 2.11 bits per heavy atom. The topological polar surface area (TPSA) is 73.3 Å². The third-order valence-corrected chi connectivity index (χ3v) is 5.59. The van der Waals surface area contributed by atoms with E-state index in [4.69, 9.17) is 21.1 Å². The number of fused-ring (bicyclic) bond motifs is 1. The van der Waals surface area contributed by atoms with E-state index in [0.717, 1.165) is 16.5 Å². The largest absolute Gasteiger partial charge is 0.480 e. The second-order valence-electron chi connectivity index (χ2n) is 6.07. The summed E-state index contributed by atoms with van der Waals surface area (Å²) in [4.78, 5) is 23.0. The lowest BCUT2D eigenvalue weighted by atomic mass is 10.1. The number of aryl methyl sites for hydroxylation is 1. The van der Waals surface area contributed by atoms with Gasteiger partial charge in [-0.2, -0.15) is 4.98 Å². The van der Waals surface area contributed by atoms with Crippen LogP contribution in [0.4, 0.5) is 0 Å². The van der Waals surface area contributed by atoms with Crippen LogP contribution in [0.15, 0.2) is 24.3 Å². The van der Waals surface area contributed by atoms with Crippen LogP contribution in [0.25, 0.3) is 10.2 Å². The van der Waals surface area contributed by atoms with Gasteiger partial charge in [-0.05, 0) is 37.1 Å². The fraction of sp³-hybridized carbons (Fsp3) is 0.316. The number of nitrogens with zero attached hydrogens (tertiary/aromatic N) is 2. The molecular weight excluding hydrogens is 386 g/mol. The third kappa shape index (κ3) is 4.05. The lowest BCUT2D eigenvalue weighted by molar-refractivity contribution is 0.0943. The molecule has 0 aliphatic carbocycles. The molecule has 27 heavy (non-hydrogen) atoms. The van der Waals surface area contributed by atoms with Crippen molar-refractivity contribution in [2.75, 3.05) is 14.2 Å². The highest BCUT2D eigenvalue weighted by Crippen LogP contribution is 2.35. The van der Waals surface area contributed by atoms with Gasteiger partial charge in [-0.1, -0.05) is 23.7 Å². The zero-order chi connectivity index (χ0) is 19.6. The lowest BCUT2D eigenvalue weighted by Crippen LogP contribution is -2.26. The van der Waals surface area contributed by atoms with Crippen LogP contribution in [0.2, 0.25) is 5.02 Å². The van der Waals surface area contributed by atoms with Crippen molar-refractivity contribution in [3.63, 3.8) is 0 Å². The molecule has 2 heterocycles. The minimum atomic E-state index is -0.183. The van der Waals surface area contributed by atoms with Gasteiger partial charge in [-0.3, -0.25) is 4.79 Å². The Morgan fingerprint density at radius 1 is 1.33 bits per heavy atom. The van der Waals surface area contributed by atoms with Gasteiger partial charge in [0, 0.05) is 12.1 Å². The smallest absolute Gasteiger partial charge is 0.262 e. The Kier molecular flexibility index (Phi) is 5.94. The molecule has 8 heteroatoms. The number of hydrogen-bond acceptors (Lipinski definition) is 6. The first-order chi connectivity index (χ1) is 12.9. The van der Waals surface area contributed by atoms with Crippen molar-refractivity contribution in [3.8, 4) is 5.88 Å². The number of carbonyl (C=O) groups is 1. The van der Waals surface area contributed by atoms with Crippen LogP contribution >= 0.6 is 22.9 Å². The molecule has 1 unspecified atom stereocenters. The molecule has 6 nitrogen and oxygen atoms in total. The van der Waals surface area contributed by atoms with E-state index in [1.54, 1.807) is 20.3 Å². The molecule has 1 N–H and O–H groups in total. The zero-order valence-electron chi connectivity index (χ0n) is 15.5. The number of nitrogens with one attached hydrogen (secondary N) is 1. The third-order valence-electron chi connectivity index (χ3n) is 4.17. The molecule has 0 saturated heterocycles.